The number of aromatic nitrogens is 1. The topological polar surface area (TPSA) is 36.4 Å². The van der Waals surface area contributed by atoms with E-state index in [-0.39, 0.29) is 11.3 Å². The zero-order valence-electron chi connectivity index (χ0n) is 16.6. The van der Waals surface area contributed by atoms with Crippen molar-refractivity contribution in [3.8, 4) is 0 Å². The first-order chi connectivity index (χ1) is 12.4. The Morgan fingerprint density at radius 1 is 1.08 bits per heavy atom. The van der Waals surface area contributed by atoms with Crippen molar-refractivity contribution >= 4 is 11.7 Å². The molecule has 1 amide bonds. The second-order valence-electron chi connectivity index (χ2n) is 9.93. The third kappa shape index (κ3) is 3.47. The van der Waals surface area contributed by atoms with Crippen LogP contribution in [0.25, 0.3) is 0 Å². The van der Waals surface area contributed by atoms with E-state index >= 15 is 0 Å². The molecule has 2 atom stereocenters. The smallest absolute Gasteiger partial charge is 0.272 e. The van der Waals surface area contributed by atoms with Crippen molar-refractivity contribution in [2.24, 2.45) is 10.8 Å². The van der Waals surface area contributed by atoms with Crippen LogP contribution in [0.2, 0.25) is 0 Å². The van der Waals surface area contributed by atoms with Crippen LogP contribution in [-0.2, 0) is 0 Å². The highest BCUT2D eigenvalue weighted by Crippen LogP contribution is 2.52. The SMILES string of the molecule is CC1(C)CC2CC(C)(CN2C(=O)c2cccc(N3CCCCCC3)n2)C1. The van der Waals surface area contributed by atoms with Crippen molar-refractivity contribution in [3.05, 3.63) is 23.9 Å². The molecular weight excluding hydrogens is 322 g/mol. The van der Waals surface area contributed by atoms with E-state index < -0.39 is 0 Å². The Bertz CT molecular complexity index is 678. The van der Waals surface area contributed by atoms with E-state index in [9.17, 15) is 4.79 Å². The highest BCUT2D eigenvalue weighted by Gasteiger charge is 2.51. The minimum absolute atomic E-state index is 0.132. The summed E-state index contributed by atoms with van der Waals surface area (Å²) in [6.45, 7) is 10.1. The Balaban J connectivity index is 1.54. The lowest BCUT2D eigenvalue weighted by atomic mass is 9.65. The van der Waals surface area contributed by atoms with Gasteiger partial charge in [0.25, 0.3) is 5.91 Å². The van der Waals surface area contributed by atoms with Crippen molar-refractivity contribution < 1.29 is 4.79 Å². The van der Waals surface area contributed by atoms with E-state index in [1.54, 1.807) is 0 Å². The zero-order chi connectivity index (χ0) is 18.4. The first-order valence-corrected chi connectivity index (χ1v) is 10.4. The maximum atomic E-state index is 13.3. The Kier molecular flexibility index (Phi) is 4.48. The van der Waals surface area contributed by atoms with Crippen molar-refractivity contribution in [1.82, 2.24) is 9.88 Å². The second-order valence-corrected chi connectivity index (χ2v) is 9.93. The van der Waals surface area contributed by atoms with Crippen molar-refractivity contribution in [1.29, 1.82) is 0 Å². The Morgan fingerprint density at radius 3 is 2.54 bits per heavy atom. The van der Waals surface area contributed by atoms with Gasteiger partial charge in [0.05, 0.1) is 0 Å². The molecule has 1 aromatic heterocycles. The van der Waals surface area contributed by atoms with Crippen LogP contribution in [0.1, 0.15) is 76.2 Å². The van der Waals surface area contributed by atoms with Crippen molar-refractivity contribution in [2.45, 2.75) is 71.8 Å². The molecule has 0 aromatic carbocycles. The summed E-state index contributed by atoms with van der Waals surface area (Å²) >= 11 is 0. The Hall–Kier alpha value is -1.58. The predicted molar refractivity (Wildman–Crippen MR) is 105 cm³/mol. The third-order valence-corrected chi connectivity index (χ3v) is 6.56. The third-order valence-electron chi connectivity index (χ3n) is 6.56. The summed E-state index contributed by atoms with van der Waals surface area (Å²) in [6.07, 6.45) is 8.52. The number of pyridine rings is 1. The van der Waals surface area contributed by atoms with E-state index in [0.717, 1.165) is 38.3 Å². The van der Waals surface area contributed by atoms with E-state index in [1.807, 2.05) is 12.1 Å². The van der Waals surface area contributed by atoms with Gasteiger partial charge in [-0.3, -0.25) is 4.79 Å². The fourth-order valence-corrected chi connectivity index (χ4v) is 5.86. The van der Waals surface area contributed by atoms with Crippen LogP contribution in [0, 0.1) is 10.8 Å². The van der Waals surface area contributed by atoms with Crippen LogP contribution < -0.4 is 4.90 Å². The normalized spacial score (nSPS) is 31.0. The number of fused-ring (bicyclic) bond motifs is 2. The summed E-state index contributed by atoms with van der Waals surface area (Å²) < 4.78 is 0. The highest BCUT2D eigenvalue weighted by atomic mass is 16.2. The van der Waals surface area contributed by atoms with Crippen LogP contribution in [-0.4, -0.2) is 41.5 Å². The molecule has 1 aromatic rings. The van der Waals surface area contributed by atoms with Crippen LogP contribution in [0.5, 0.6) is 0 Å². The number of carbonyl (C=O) groups excluding carboxylic acids is 1. The van der Waals surface area contributed by atoms with Gasteiger partial charge in [0, 0.05) is 25.7 Å². The minimum atomic E-state index is 0.132. The van der Waals surface area contributed by atoms with E-state index in [2.05, 4.69) is 36.6 Å². The first-order valence-electron chi connectivity index (χ1n) is 10.4. The molecule has 3 fully saturated rings. The highest BCUT2D eigenvalue weighted by molar-refractivity contribution is 5.93. The number of rotatable bonds is 2. The molecular formula is C22H33N3O. The summed E-state index contributed by atoms with van der Waals surface area (Å²) in [5.74, 6) is 1.11. The van der Waals surface area contributed by atoms with E-state index in [4.69, 9.17) is 4.98 Å². The number of anilines is 1. The van der Waals surface area contributed by atoms with Gasteiger partial charge >= 0.3 is 0 Å². The molecule has 0 spiro atoms. The van der Waals surface area contributed by atoms with Crippen molar-refractivity contribution in [3.63, 3.8) is 0 Å². The van der Waals surface area contributed by atoms with Gasteiger partial charge in [0.1, 0.15) is 11.5 Å². The summed E-state index contributed by atoms with van der Waals surface area (Å²) in [4.78, 5) is 22.6. The molecule has 4 nitrogen and oxygen atoms in total. The monoisotopic (exact) mass is 355 g/mol. The number of hydrogen-bond donors (Lipinski definition) is 0. The largest absolute Gasteiger partial charge is 0.357 e. The molecule has 2 bridgehead atoms. The van der Waals surface area contributed by atoms with Crippen LogP contribution in [0.4, 0.5) is 5.82 Å². The quantitative estimate of drug-likeness (QED) is 0.783. The maximum Gasteiger partial charge on any atom is 0.272 e. The van der Waals surface area contributed by atoms with Gasteiger partial charge in [-0.15, -0.1) is 0 Å². The molecule has 0 N–H and O–H groups in total. The van der Waals surface area contributed by atoms with Gasteiger partial charge in [-0.2, -0.15) is 0 Å². The van der Waals surface area contributed by atoms with Gasteiger partial charge in [0.2, 0.25) is 0 Å². The molecule has 4 heteroatoms. The number of likely N-dealkylation sites (tertiary alicyclic amines) is 1. The van der Waals surface area contributed by atoms with Gasteiger partial charge in [0.15, 0.2) is 0 Å². The van der Waals surface area contributed by atoms with Gasteiger partial charge < -0.3 is 9.80 Å². The number of hydrogen-bond acceptors (Lipinski definition) is 3. The van der Waals surface area contributed by atoms with Gasteiger partial charge in [-0.1, -0.05) is 39.7 Å². The molecule has 2 saturated heterocycles. The van der Waals surface area contributed by atoms with Gasteiger partial charge in [-0.05, 0) is 55.1 Å². The molecule has 0 radical (unpaired) electrons. The molecule has 1 saturated carbocycles. The maximum absolute atomic E-state index is 13.3. The minimum Gasteiger partial charge on any atom is -0.357 e. The standard InChI is InChI=1S/C22H33N3O/c1-21(2)13-17-14-22(3,15-21)16-25(17)20(26)18-9-8-10-19(23-18)24-11-6-4-5-7-12-24/h8-10,17H,4-7,11-16H2,1-3H3. The lowest BCUT2D eigenvalue weighted by Crippen LogP contribution is -2.38. The fourth-order valence-electron chi connectivity index (χ4n) is 5.86. The Labute approximate surface area is 158 Å². The van der Waals surface area contributed by atoms with Crippen LogP contribution in [0.3, 0.4) is 0 Å². The van der Waals surface area contributed by atoms with Crippen LogP contribution in [0.15, 0.2) is 18.2 Å². The lowest BCUT2D eigenvalue weighted by molar-refractivity contribution is 0.0702. The number of carbonyl (C=O) groups is 1. The second kappa shape index (κ2) is 6.54. The summed E-state index contributed by atoms with van der Waals surface area (Å²) in [5.41, 5.74) is 1.22. The van der Waals surface area contributed by atoms with Gasteiger partial charge in [-0.25, -0.2) is 4.98 Å². The summed E-state index contributed by atoms with van der Waals surface area (Å²) in [5, 5.41) is 0. The molecule has 2 unspecified atom stereocenters. The summed E-state index contributed by atoms with van der Waals surface area (Å²) in [6, 6.07) is 6.35. The molecule has 2 aliphatic heterocycles. The predicted octanol–water partition coefficient (Wildman–Crippen LogP) is 4.50. The Morgan fingerprint density at radius 2 is 1.81 bits per heavy atom. The fraction of sp³-hybridized carbons (Fsp3) is 0.727. The average Bonchev–Trinajstić information content (AvgIpc) is 2.77. The lowest BCUT2D eigenvalue weighted by Gasteiger charge is -2.39. The van der Waals surface area contributed by atoms with E-state index in [1.165, 1.54) is 32.1 Å². The number of nitrogens with zero attached hydrogens (tertiary/aromatic N) is 3. The first kappa shape index (κ1) is 17.8. The molecule has 3 aliphatic rings. The molecule has 1 aliphatic carbocycles. The summed E-state index contributed by atoms with van der Waals surface area (Å²) in [7, 11) is 0. The van der Waals surface area contributed by atoms with E-state index in [0.29, 0.717) is 17.2 Å². The molecule has 26 heavy (non-hydrogen) atoms. The van der Waals surface area contributed by atoms with Crippen LogP contribution >= 0.6 is 0 Å². The number of amides is 1. The average molecular weight is 356 g/mol. The molecule has 142 valence electrons. The molecule has 4 rings (SSSR count). The molecule has 3 heterocycles. The zero-order valence-corrected chi connectivity index (χ0v) is 16.6. The van der Waals surface area contributed by atoms with Crippen molar-refractivity contribution in [2.75, 3.05) is 24.5 Å².